The third-order valence-corrected chi connectivity index (χ3v) is 8.46. The number of carbonyl (C=O) groups is 2. The predicted molar refractivity (Wildman–Crippen MR) is 147 cm³/mol. The number of nitrogens with one attached hydrogen (secondary N) is 1. The van der Waals surface area contributed by atoms with Gasteiger partial charge in [0.15, 0.2) is 5.11 Å². The number of rotatable bonds is 2. The van der Waals surface area contributed by atoms with E-state index in [1.165, 1.54) is 34.1 Å². The highest BCUT2D eigenvalue weighted by Crippen LogP contribution is 2.53. The van der Waals surface area contributed by atoms with Crippen molar-refractivity contribution in [2.45, 2.75) is 63.3 Å². The average molecular weight is 568 g/mol. The van der Waals surface area contributed by atoms with Gasteiger partial charge in [0.1, 0.15) is 28.8 Å². The van der Waals surface area contributed by atoms with Gasteiger partial charge < -0.3 is 9.64 Å². The number of nitrogens with zero attached hydrogens (tertiary/aromatic N) is 4. The van der Waals surface area contributed by atoms with Crippen molar-refractivity contribution in [3.63, 3.8) is 0 Å². The van der Waals surface area contributed by atoms with Gasteiger partial charge >= 0.3 is 6.09 Å². The summed E-state index contributed by atoms with van der Waals surface area (Å²) in [6.45, 7) is 5.07. The number of aromatic amines is 1. The van der Waals surface area contributed by atoms with Gasteiger partial charge in [-0.15, -0.1) is 0 Å². The van der Waals surface area contributed by atoms with Crippen LogP contribution in [0.1, 0.15) is 63.4 Å². The first-order valence-electron chi connectivity index (χ1n) is 12.9. The molecule has 1 aliphatic carbocycles. The molecule has 1 aromatic heterocycles. The van der Waals surface area contributed by atoms with Gasteiger partial charge in [-0.05, 0) is 82.1 Å². The second kappa shape index (κ2) is 8.79. The van der Waals surface area contributed by atoms with Crippen molar-refractivity contribution >= 4 is 45.8 Å². The molecule has 1 saturated heterocycles. The SMILES string of the molecule is CN1C(=S)N(C2c3n[nH]c(=O)c4cc(F)cc(c34)N(C(=O)OC(C)(C)C)C2c2ccc(F)cc2)C(=O)C12CCC2. The maximum absolute atomic E-state index is 15.0. The predicted octanol–water partition coefficient (Wildman–Crippen LogP) is 4.72. The Bertz CT molecular complexity index is 1650. The summed E-state index contributed by atoms with van der Waals surface area (Å²) in [6.07, 6.45) is 1.23. The molecule has 9 nitrogen and oxygen atoms in total. The number of anilines is 1. The molecule has 208 valence electrons. The number of H-pyrrole nitrogens is 1. The summed E-state index contributed by atoms with van der Waals surface area (Å²) in [5.41, 5.74) is -1.70. The smallest absolute Gasteiger partial charge is 0.415 e. The van der Waals surface area contributed by atoms with Crippen LogP contribution in [0, 0.1) is 11.6 Å². The van der Waals surface area contributed by atoms with Crippen LogP contribution < -0.4 is 10.5 Å². The van der Waals surface area contributed by atoms with E-state index in [1.54, 1.807) is 32.7 Å². The molecular formula is C28H27F2N5O4S. The van der Waals surface area contributed by atoms with Gasteiger partial charge in [-0.3, -0.25) is 19.4 Å². The van der Waals surface area contributed by atoms with Crippen molar-refractivity contribution in [2.75, 3.05) is 11.9 Å². The highest BCUT2D eigenvalue weighted by Gasteiger charge is 2.61. The van der Waals surface area contributed by atoms with Crippen molar-refractivity contribution in [1.82, 2.24) is 20.0 Å². The topological polar surface area (TPSA) is 98.8 Å². The third-order valence-electron chi connectivity index (χ3n) is 7.99. The molecule has 1 spiro atoms. The summed E-state index contributed by atoms with van der Waals surface area (Å²) in [5, 5.41) is 7.18. The highest BCUT2D eigenvalue weighted by atomic mass is 32.1. The first-order valence-corrected chi connectivity index (χ1v) is 13.4. The maximum Gasteiger partial charge on any atom is 0.415 e. The second-order valence-electron chi connectivity index (χ2n) is 11.5. The highest BCUT2D eigenvalue weighted by molar-refractivity contribution is 7.80. The van der Waals surface area contributed by atoms with E-state index in [4.69, 9.17) is 17.0 Å². The van der Waals surface area contributed by atoms with Crippen molar-refractivity contribution in [3.05, 3.63) is 69.6 Å². The van der Waals surface area contributed by atoms with Crippen LogP contribution in [0.15, 0.2) is 41.2 Å². The molecule has 3 aromatic rings. The van der Waals surface area contributed by atoms with Crippen LogP contribution >= 0.6 is 12.2 Å². The molecule has 2 fully saturated rings. The van der Waals surface area contributed by atoms with Gasteiger partial charge in [-0.1, -0.05) is 12.1 Å². The van der Waals surface area contributed by atoms with Crippen molar-refractivity contribution in [2.24, 2.45) is 0 Å². The van der Waals surface area contributed by atoms with E-state index < -0.39 is 46.5 Å². The van der Waals surface area contributed by atoms with Gasteiger partial charge in [0.05, 0.1) is 22.8 Å². The van der Waals surface area contributed by atoms with Gasteiger partial charge in [-0.25, -0.2) is 18.7 Å². The number of hydrogen-bond donors (Lipinski definition) is 1. The van der Waals surface area contributed by atoms with Crippen LogP contribution in [0.2, 0.25) is 0 Å². The molecule has 2 unspecified atom stereocenters. The van der Waals surface area contributed by atoms with Crippen LogP contribution in [0.5, 0.6) is 0 Å². The first-order chi connectivity index (χ1) is 18.8. The van der Waals surface area contributed by atoms with Gasteiger partial charge in [0.25, 0.3) is 11.5 Å². The van der Waals surface area contributed by atoms with E-state index in [9.17, 15) is 18.8 Å². The van der Waals surface area contributed by atoms with Crippen molar-refractivity contribution in [3.8, 4) is 0 Å². The van der Waals surface area contributed by atoms with Gasteiger partial charge in [0, 0.05) is 12.4 Å². The standard InChI is InChI=1S/C28H27F2N5O4S/c1-27(2,3)39-26(38)34-18-13-16(30)12-17-19(18)20(31-32-23(17)36)22(21(34)14-6-8-15(29)9-7-14)35-24(37)28(10-5-11-28)33(4)25(35)40/h6-9,12-13,21-22H,5,10-11H2,1-4H3,(H,32,36). The Kier molecular flexibility index (Phi) is 5.78. The summed E-state index contributed by atoms with van der Waals surface area (Å²) < 4.78 is 34.9. The zero-order valence-electron chi connectivity index (χ0n) is 22.3. The van der Waals surface area contributed by atoms with Crippen molar-refractivity contribution < 1.29 is 23.1 Å². The number of aromatic nitrogens is 2. The first kappa shape index (κ1) is 26.3. The fraction of sp³-hybridized carbons (Fsp3) is 0.393. The Morgan fingerprint density at radius 2 is 1.77 bits per heavy atom. The van der Waals surface area contributed by atoms with Crippen LogP contribution in [0.4, 0.5) is 19.3 Å². The minimum Gasteiger partial charge on any atom is -0.443 e. The maximum atomic E-state index is 15.0. The summed E-state index contributed by atoms with van der Waals surface area (Å²) in [6, 6.07) is 5.55. The summed E-state index contributed by atoms with van der Waals surface area (Å²) in [5.74, 6) is -1.51. The van der Waals surface area contributed by atoms with Crippen LogP contribution in [-0.2, 0) is 9.53 Å². The lowest BCUT2D eigenvalue weighted by Gasteiger charge is -2.45. The van der Waals surface area contributed by atoms with E-state index in [-0.39, 0.29) is 33.2 Å². The molecule has 0 bridgehead atoms. The molecule has 12 heteroatoms. The molecule has 2 amide bonds. The molecule has 3 heterocycles. The number of ether oxygens (including phenoxy) is 1. The van der Waals surface area contributed by atoms with Crippen molar-refractivity contribution in [1.29, 1.82) is 0 Å². The molecule has 1 N–H and O–H groups in total. The Hall–Kier alpha value is -3.93. The second-order valence-corrected chi connectivity index (χ2v) is 11.8. The molecule has 2 aliphatic heterocycles. The molecule has 6 rings (SSSR count). The molecule has 3 aliphatic rings. The molecule has 40 heavy (non-hydrogen) atoms. The van der Waals surface area contributed by atoms with E-state index in [2.05, 4.69) is 10.2 Å². The molecule has 2 aromatic carbocycles. The van der Waals surface area contributed by atoms with E-state index in [1.807, 2.05) is 0 Å². The normalized spacial score (nSPS) is 21.8. The van der Waals surface area contributed by atoms with Crippen LogP contribution in [0.25, 0.3) is 10.8 Å². The monoisotopic (exact) mass is 567 g/mol. The lowest BCUT2D eigenvalue weighted by Crippen LogP contribution is -2.54. The Morgan fingerprint density at radius 1 is 1.10 bits per heavy atom. The quantitative estimate of drug-likeness (QED) is 0.448. The summed E-state index contributed by atoms with van der Waals surface area (Å²) in [4.78, 5) is 45.4. The van der Waals surface area contributed by atoms with Crippen LogP contribution in [-0.4, -0.2) is 55.3 Å². The number of carbonyl (C=O) groups excluding carboxylic acids is 2. The molecule has 0 radical (unpaired) electrons. The Labute approximate surface area is 233 Å². The average Bonchev–Trinajstić information content (AvgIpc) is 3.04. The minimum atomic E-state index is -1.06. The molecule has 2 atom stereocenters. The Balaban J connectivity index is 1.68. The molecule has 1 saturated carbocycles. The number of thiocarbonyl (C=S) groups is 1. The lowest BCUT2D eigenvalue weighted by molar-refractivity contribution is -0.138. The number of halogens is 2. The zero-order chi connectivity index (χ0) is 28.7. The number of benzene rings is 2. The minimum absolute atomic E-state index is 0.0413. The van der Waals surface area contributed by atoms with E-state index in [0.29, 0.717) is 18.4 Å². The number of amides is 2. The lowest BCUT2D eigenvalue weighted by atomic mass is 9.75. The third kappa shape index (κ3) is 3.72. The van der Waals surface area contributed by atoms with Gasteiger partial charge in [0.2, 0.25) is 0 Å². The summed E-state index contributed by atoms with van der Waals surface area (Å²) >= 11 is 5.81. The zero-order valence-corrected chi connectivity index (χ0v) is 23.1. The number of likely N-dealkylation sites (N-methyl/N-ethyl adjacent to an activating group) is 1. The fourth-order valence-electron chi connectivity index (χ4n) is 6.00. The Morgan fingerprint density at radius 3 is 2.35 bits per heavy atom. The fourth-order valence-corrected chi connectivity index (χ4v) is 6.37. The number of hydrogen-bond acceptors (Lipinski definition) is 6. The largest absolute Gasteiger partial charge is 0.443 e. The van der Waals surface area contributed by atoms with E-state index in [0.717, 1.165) is 18.6 Å². The summed E-state index contributed by atoms with van der Waals surface area (Å²) in [7, 11) is 1.76. The van der Waals surface area contributed by atoms with Crippen LogP contribution in [0.3, 0.4) is 0 Å². The van der Waals surface area contributed by atoms with E-state index >= 15 is 4.39 Å². The van der Waals surface area contributed by atoms with Gasteiger partial charge in [-0.2, -0.15) is 5.10 Å². The molecular weight excluding hydrogens is 540 g/mol.